The second-order valence-corrected chi connectivity index (χ2v) is 5.30. The Kier molecular flexibility index (Phi) is 4.11. The lowest BCUT2D eigenvalue weighted by atomic mass is 9.99. The van der Waals surface area contributed by atoms with E-state index in [4.69, 9.17) is 9.47 Å². The van der Waals surface area contributed by atoms with Gasteiger partial charge < -0.3 is 14.6 Å². The minimum Gasteiger partial charge on any atom is -0.486 e. The number of hydrogen-bond donors (Lipinski definition) is 1. The Balaban J connectivity index is 1.82. The summed E-state index contributed by atoms with van der Waals surface area (Å²) < 4.78 is 11.1. The molecule has 0 aliphatic carbocycles. The van der Waals surface area contributed by atoms with Crippen LogP contribution in [-0.2, 0) is 6.42 Å². The maximum Gasteiger partial charge on any atom is 0.161 e. The van der Waals surface area contributed by atoms with Crippen molar-refractivity contribution in [2.75, 3.05) is 13.2 Å². The number of benzene rings is 2. The van der Waals surface area contributed by atoms with Crippen LogP contribution in [0.3, 0.4) is 0 Å². The van der Waals surface area contributed by atoms with Gasteiger partial charge in [0.1, 0.15) is 19.3 Å². The van der Waals surface area contributed by atoms with Crippen molar-refractivity contribution in [2.24, 2.45) is 0 Å². The zero-order valence-corrected chi connectivity index (χ0v) is 12.2. The molecule has 3 nitrogen and oxygen atoms in total. The van der Waals surface area contributed by atoms with Gasteiger partial charge in [-0.3, -0.25) is 0 Å². The Hall–Kier alpha value is -2.00. The van der Waals surface area contributed by atoms with Gasteiger partial charge in [0.25, 0.3) is 0 Å². The van der Waals surface area contributed by atoms with Crippen LogP contribution in [0.1, 0.15) is 36.1 Å². The molecule has 0 saturated heterocycles. The lowest BCUT2D eigenvalue weighted by Crippen LogP contribution is -2.15. The standard InChI is InChI=1S/C18H20O3/c1-2-3-13-4-6-14(7-5-13)18(19)15-8-9-16-17(12-15)21-11-10-20-16/h4-9,12,18-19H,2-3,10-11H2,1H3. The second kappa shape index (κ2) is 6.19. The average molecular weight is 284 g/mol. The zero-order chi connectivity index (χ0) is 14.7. The van der Waals surface area contributed by atoms with Gasteiger partial charge in [-0.1, -0.05) is 43.7 Å². The molecule has 0 spiro atoms. The van der Waals surface area contributed by atoms with E-state index in [0.29, 0.717) is 19.0 Å². The molecule has 21 heavy (non-hydrogen) atoms. The average Bonchev–Trinajstić information content (AvgIpc) is 2.55. The molecular formula is C18H20O3. The van der Waals surface area contributed by atoms with Crippen molar-refractivity contribution in [1.82, 2.24) is 0 Å². The third kappa shape index (κ3) is 3.03. The van der Waals surface area contributed by atoms with Crippen molar-refractivity contribution < 1.29 is 14.6 Å². The van der Waals surface area contributed by atoms with E-state index in [1.54, 1.807) is 0 Å². The van der Waals surface area contributed by atoms with Gasteiger partial charge in [0.2, 0.25) is 0 Å². The molecular weight excluding hydrogens is 264 g/mol. The van der Waals surface area contributed by atoms with E-state index < -0.39 is 6.10 Å². The van der Waals surface area contributed by atoms with Gasteiger partial charge >= 0.3 is 0 Å². The molecule has 0 amide bonds. The van der Waals surface area contributed by atoms with Crippen LogP contribution in [0.4, 0.5) is 0 Å². The van der Waals surface area contributed by atoms with Crippen LogP contribution in [0.2, 0.25) is 0 Å². The highest BCUT2D eigenvalue weighted by Crippen LogP contribution is 2.34. The van der Waals surface area contributed by atoms with Crippen molar-refractivity contribution in [2.45, 2.75) is 25.9 Å². The quantitative estimate of drug-likeness (QED) is 0.934. The van der Waals surface area contributed by atoms with Crippen molar-refractivity contribution in [1.29, 1.82) is 0 Å². The minimum atomic E-state index is -0.642. The summed E-state index contributed by atoms with van der Waals surface area (Å²) in [6, 6.07) is 13.8. The molecule has 1 atom stereocenters. The van der Waals surface area contributed by atoms with Crippen molar-refractivity contribution in [3.8, 4) is 11.5 Å². The Bertz CT molecular complexity index is 604. The first-order valence-electron chi connectivity index (χ1n) is 7.44. The van der Waals surface area contributed by atoms with E-state index in [0.717, 1.165) is 29.7 Å². The lowest BCUT2D eigenvalue weighted by molar-refractivity contribution is 0.169. The molecule has 0 saturated carbocycles. The van der Waals surface area contributed by atoms with Crippen LogP contribution in [0.5, 0.6) is 11.5 Å². The van der Waals surface area contributed by atoms with Gasteiger partial charge in [-0.15, -0.1) is 0 Å². The summed E-state index contributed by atoms with van der Waals surface area (Å²) in [4.78, 5) is 0. The third-order valence-electron chi connectivity index (χ3n) is 3.72. The first-order chi connectivity index (χ1) is 10.3. The first-order valence-corrected chi connectivity index (χ1v) is 7.44. The second-order valence-electron chi connectivity index (χ2n) is 5.30. The monoisotopic (exact) mass is 284 g/mol. The SMILES string of the molecule is CCCc1ccc(C(O)c2ccc3c(c2)OCCO3)cc1. The minimum absolute atomic E-state index is 0.554. The fourth-order valence-electron chi connectivity index (χ4n) is 2.58. The predicted octanol–water partition coefficient (Wildman–Crippen LogP) is 3.49. The van der Waals surface area contributed by atoms with E-state index in [1.807, 2.05) is 30.3 Å². The molecule has 1 aliphatic heterocycles. The Labute approximate surface area is 125 Å². The third-order valence-corrected chi connectivity index (χ3v) is 3.72. The van der Waals surface area contributed by atoms with Crippen LogP contribution in [0, 0.1) is 0 Å². The van der Waals surface area contributed by atoms with Crippen molar-refractivity contribution >= 4 is 0 Å². The Morgan fingerprint density at radius 1 is 0.952 bits per heavy atom. The van der Waals surface area contributed by atoms with Gasteiger partial charge in [-0.05, 0) is 35.2 Å². The normalized spacial score (nSPS) is 14.8. The molecule has 2 aromatic rings. The smallest absolute Gasteiger partial charge is 0.161 e. The summed E-state index contributed by atoms with van der Waals surface area (Å²) in [7, 11) is 0. The number of aliphatic hydroxyl groups is 1. The van der Waals surface area contributed by atoms with Crippen molar-refractivity contribution in [3.05, 3.63) is 59.2 Å². The molecule has 1 heterocycles. The highest BCUT2D eigenvalue weighted by Gasteiger charge is 2.16. The van der Waals surface area contributed by atoms with Gasteiger partial charge in [-0.2, -0.15) is 0 Å². The van der Waals surface area contributed by atoms with E-state index in [2.05, 4.69) is 19.1 Å². The number of aliphatic hydroxyl groups excluding tert-OH is 1. The topological polar surface area (TPSA) is 38.7 Å². The molecule has 0 bridgehead atoms. The maximum absolute atomic E-state index is 10.5. The van der Waals surface area contributed by atoms with Gasteiger partial charge in [0.05, 0.1) is 0 Å². The molecule has 3 rings (SSSR count). The van der Waals surface area contributed by atoms with Gasteiger partial charge in [0.15, 0.2) is 11.5 Å². The largest absolute Gasteiger partial charge is 0.486 e. The van der Waals surface area contributed by atoms with Crippen LogP contribution >= 0.6 is 0 Å². The molecule has 0 fully saturated rings. The van der Waals surface area contributed by atoms with E-state index >= 15 is 0 Å². The molecule has 3 heteroatoms. The molecule has 110 valence electrons. The molecule has 1 unspecified atom stereocenters. The fourth-order valence-corrected chi connectivity index (χ4v) is 2.58. The number of aryl methyl sites for hydroxylation is 1. The Morgan fingerprint density at radius 3 is 2.33 bits per heavy atom. The highest BCUT2D eigenvalue weighted by molar-refractivity contribution is 5.46. The number of fused-ring (bicyclic) bond motifs is 1. The number of rotatable bonds is 4. The molecule has 0 aromatic heterocycles. The number of ether oxygens (including phenoxy) is 2. The first kappa shape index (κ1) is 14.0. The molecule has 1 N–H and O–H groups in total. The molecule has 1 aliphatic rings. The van der Waals surface area contributed by atoms with Crippen LogP contribution in [0.25, 0.3) is 0 Å². The summed E-state index contributed by atoms with van der Waals surface area (Å²) in [5, 5.41) is 10.5. The van der Waals surface area contributed by atoms with E-state index in [9.17, 15) is 5.11 Å². The van der Waals surface area contributed by atoms with E-state index in [1.165, 1.54) is 5.56 Å². The van der Waals surface area contributed by atoms with E-state index in [-0.39, 0.29) is 0 Å². The zero-order valence-electron chi connectivity index (χ0n) is 12.2. The summed E-state index contributed by atoms with van der Waals surface area (Å²) in [6.45, 7) is 3.30. The molecule has 2 aromatic carbocycles. The lowest BCUT2D eigenvalue weighted by Gasteiger charge is -2.20. The summed E-state index contributed by atoms with van der Waals surface area (Å²) in [5.41, 5.74) is 3.02. The summed E-state index contributed by atoms with van der Waals surface area (Å²) in [6.07, 6.45) is 1.56. The summed E-state index contributed by atoms with van der Waals surface area (Å²) >= 11 is 0. The maximum atomic E-state index is 10.5. The fraction of sp³-hybridized carbons (Fsp3) is 0.333. The van der Waals surface area contributed by atoms with Crippen molar-refractivity contribution in [3.63, 3.8) is 0 Å². The van der Waals surface area contributed by atoms with Crippen LogP contribution < -0.4 is 9.47 Å². The Morgan fingerprint density at radius 2 is 1.62 bits per heavy atom. The van der Waals surface area contributed by atoms with Gasteiger partial charge in [-0.25, -0.2) is 0 Å². The molecule has 0 radical (unpaired) electrons. The number of hydrogen-bond acceptors (Lipinski definition) is 3. The predicted molar refractivity (Wildman–Crippen MR) is 81.9 cm³/mol. The summed E-state index contributed by atoms with van der Waals surface area (Å²) in [5.74, 6) is 1.45. The van der Waals surface area contributed by atoms with Gasteiger partial charge in [0, 0.05) is 0 Å². The van der Waals surface area contributed by atoms with Crippen LogP contribution in [-0.4, -0.2) is 18.3 Å². The highest BCUT2D eigenvalue weighted by atomic mass is 16.6. The van der Waals surface area contributed by atoms with Crippen LogP contribution in [0.15, 0.2) is 42.5 Å².